The average Bonchev–Trinajstić information content (AvgIpc) is 3.10. The first-order valence-corrected chi connectivity index (χ1v) is 9.08. The Morgan fingerprint density at radius 2 is 1.96 bits per heavy atom. The normalized spacial score (nSPS) is 11.1. The van der Waals surface area contributed by atoms with Crippen molar-refractivity contribution < 1.29 is 4.79 Å². The summed E-state index contributed by atoms with van der Waals surface area (Å²) in [5, 5.41) is 9.26. The molecule has 1 amide bonds. The summed E-state index contributed by atoms with van der Waals surface area (Å²) in [6.45, 7) is 1.02. The van der Waals surface area contributed by atoms with E-state index in [2.05, 4.69) is 10.3 Å². The van der Waals surface area contributed by atoms with E-state index in [1.165, 1.54) is 6.08 Å². The summed E-state index contributed by atoms with van der Waals surface area (Å²) in [6.07, 6.45) is 4.92. The van der Waals surface area contributed by atoms with Gasteiger partial charge in [0.2, 0.25) is 5.91 Å². The van der Waals surface area contributed by atoms with E-state index in [-0.39, 0.29) is 5.91 Å². The van der Waals surface area contributed by atoms with Crippen LogP contribution in [0.25, 0.3) is 6.08 Å². The van der Waals surface area contributed by atoms with E-state index >= 15 is 0 Å². The van der Waals surface area contributed by atoms with Gasteiger partial charge in [0.25, 0.3) is 0 Å². The van der Waals surface area contributed by atoms with Gasteiger partial charge in [0.1, 0.15) is 5.69 Å². The quantitative estimate of drug-likeness (QED) is 0.579. The number of hydrogen-bond donors (Lipinski definition) is 0. The number of likely N-dealkylation sites (N-methyl/N-ethyl adjacent to an activating group) is 1. The van der Waals surface area contributed by atoms with Gasteiger partial charge in [0.05, 0.1) is 12.7 Å². The highest BCUT2D eigenvalue weighted by Crippen LogP contribution is 2.22. The maximum absolute atomic E-state index is 12.3. The number of carbonyl (C=O) groups excluding carboxylic acids is 1. The minimum absolute atomic E-state index is 0.154. The van der Waals surface area contributed by atoms with Gasteiger partial charge in [0.15, 0.2) is 0 Å². The molecule has 0 saturated heterocycles. The predicted octanol–water partition coefficient (Wildman–Crippen LogP) is 4.31. The molecule has 1 aromatic heterocycles. The van der Waals surface area contributed by atoms with Gasteiger partial charge in [-0.1, -0.05) is 64.8 Å². The summed E-state index contributed by atoms with van der Waals surface area (Å²) in [5.41, 5.74) is 2.59. The molecule has 0 N–H and O–H groups in total. The number of rotatable bonds is 6. The van der Waals surface area contributed by atoms with Crippen molar-refractivity contribution in [3.8, 4) is 0 Å². The molecule has 138 valence electrons. The second kappa shape index (κ2) is 8.84. The van der Waals surface area contributed by atoms with Crippen LogP contribution in [0.15, 0.2) is 60.8 Å². The molecule has 0 aliphatic rings. The fourth-order valence-corrected chi connectivity index (χ4v) is 2.97. The van der Waals surface area contributed by atoms with Gasteiger partial charge in [-0.15, -0.1) is 5.10 Å². The average molecular weight is 401 g/mol. The largest absolute Gasteiger partial charge is 0.338 e. The molecule has 0 radical (unpaired) electrons. The number of nitrogens with zero attached hydrogens (tertiary/aromatic N) is 4. The van der Waals surface area contributed by atoms with Gasteiger partial charge >= 0.3 is 0 Å². The number of halogens is 2. The van der Waals surface area contributed by atoms with E-state index in [4.69, 9.17) is 23.2 Å². The zero-order valence-corrected chi connectivity index (χ0v) is 16.2. The standard InChI is InChI=1S/C20H18Cl2N4O/c1-25(13-16-7-8-17(21)11-19(16)22)20(27)10-9-18-14-26(24-23-18)12-15-5-3-2-4-6-15/h2-11,14H,12-13H2,1H3. The molecule has 0 atom stereocenters. The van der Waals surface area contributed by atoms with Crippen molar-refractivity contribution in [3.63, 3.8) is 0 Å². The van der Waals surface area contributed by atoms with Crippen LogP contribution in [0.2, 0.25) is 10.0 Å². The Morgan fingerprint density at radius 3 is 2.70 bits per heavy atom. The second-order valence-corrected chi connectivity index (χ2v) is 6.93. The molecule has 0 saturated carbocycles. The molecule has 7 heteroatoms. The third kappa shape index (κ3) is 5.42. The van der Waals surface area contributed by atoms with Crippen LogP contribution >= 0.6 is 23.2 Å². The van der Waals surface area contributed by atoms with Gasteiger partial charge < -0.3 is 4.90 Å². The lowest BCUT2D eigenvalue weighted by molar-refractivity contribution is -0.125. The maximum Gasteiger partial charge on any atom is 0.246 e. The molecule has 27 heavy (non-hydrogen) atoms. The number of benzene rings is 2. The summed E-state index contributed by atoms with van der Waals surface area (Å²) in [7, 11) is 1.71. The summed E-state index contributed by atoms with van der Waals surface area (Å²) < 4.78 is 1.73. The SMILES string of the molecule is CN(Cc1ccc(Cl)cc1Cl)C(=O)C=Cc1cn(Cc2ccccc2)nn1. The van der Waals surface area contributed by atoms with Crippen molar-refractivity contribution in [1.82, 2.24) is 19.9 Å². The highest BCUT2D eigenvalue weighted by Gasteiger charge is 2.09. The van der Waals surface area contributed by atoms with Gasteiger partial charge in [0, 0.05) is 29.7 Å². The third-order valence-electron chi connectivity index (χ3n) is 3.94. The third-order valence-corrected chi connectivity index (χ3v) is 4.53. The molecule has 0 bridgehead atoms. The number of amides is 1. The van der Waals surface area contributed by atoms with E-state index < -0.39 is 0 Å². The number of aromatic nitrogens is 3. The zero-order chi connectivity index (χ0) is 19.2. The van der Waals surface area contributed by atoms with Crippen LogP contribution in [0, 0.1) is 0 Å². The van der Waals surface area contributed by atoms with E-state index in [1.54, 1.807) is 41.0 Å². The van der Waals surface area contributed by atoms with Crippen molar-refractivity contribution in [2.75, 3.05) is 7.05 Å². The summed E-state index contributed by atoms with van der Waals surface area (Å²) in [4.78, 5) is 13.9. The molecule has 0 aliphatic carbocycles. The smallest absolute Gasteiger partial charge is 0.246 e. The minimum atomic E-state index is -0.154. The highest BCUT2D eigenvalue weighted by atomic mass is 35.5. The predicted molar refractivity (Wildman–Crippen MR) is 108 cm³/mol. The molecule has 3 rings (SSSR count). The number of carbonyl (C=O) groups is 1. The Bertz CT molecular complexity index is 954. The fraction of sp³-hybridized carbons (Fsp3) is 0.150. The lowest BCUT2D eigenvalue weighted by Gasteiger charge is -2.16. The molecular formula is C20H18Cl2N4O. The van der Waals surface area contributed by atoms with E-state index in [9.17, 15) is 4.79 Å². The van der Waals surface area contributed by atoms with Crippen LogP contribution in [-0.4, -0.2) is 32.8 Å². The summed E-state index contributed by atoms with van der Waals surface area (Å²) >= 11 is 12.1. The van der Waals surface area contributed by atoms with E-state index in [0.29, 0.717) is 28.8 Å². The molecule has 0 aliphatic heterocycles. The van der Waals surface area contributed by atoms with Crippen LogP contribution in [-0.2, 0) is 17.9 Å². The van der Waals surface area contributed by atoms with Crippen LogP contribution in [0.4, 0.5) is 0 Å². The van der Waals surface area contributed by atoms with E-state index in [1.807, 2.05) is 36.4 Å². The Labute approximate surface area is 167 Å². The lowest BCUT2D eigenvalue weighted by atomic mass is 10.2. The van der Waals surface area contributed by atoms with Gasteiger partial charge in [-0.25, -0.2) is 4.68 Å². The second-order valence-electron chi connectivity index (χ2n) is 6.09. The van der Waals surface area contributed by atoms with Crippen molar-refractivity contribution in [2.24, 2.45) is 0 Å². The molecule has 2 aromatic carbocycles. The Hall–Kier alpha value is -2.63. The van der Waals surface area contributed by atoms with Gasteiger partial charge in [-0.2, -0.15) is 0 Å². The molecule has 0 spiro atoms. The van der Waals surface area contributed by atoms with Crippen LogP contribution < -0.4 is 0 Å². The Morgan fingerprint density at radius 1 is 1.19 bits per heavy atom. The van der Waals surface area contributed by atoms with Crippen LogP contribution in [0.3, 0.4) is 0 Å². The van der Waals surface area contributed by atoms with Crippen molar-refractivity contribution in [3.05, 3.63) is 87.7 Å². The molecule has 3 aromatic rings. The Balaban J connectivity index is 1.59. The van der Waals surface area contributed by atoms with Crippen molar-refractivity contribution in [2.45, 2.75) is 13.1 Å². The first-order chi connectivity index (χ1) is 13.0. The van der Waals surface area contributed by atoms with Gasteiger partial charge in [-0.3, -0.25) is 4.79 Å². The Kier molecular flexibility index (Phi) is 6.27. The van der Waals surface area contributed by atoms with Crippen LogP contribution in [0.5, 0.6) is 0 Å². The molecule has 5 nitrogen and oxygen atoms in total. The molecule has 0 fully saturated rings. The highest BCUT2D eigenvalue weighted by molar-refractivity contribution is 6.35. The van der Waals surface area contributed by atoms with Crippen molar-refractivity contribution >= 4 is 35.2 Å². The van der Waals surface area contributed by atoms with Crippen LogP contribution in [0.1, 0.15) is 16.8 Å². The zero-order valence-electron chi connectivity index (χ0n) is 14.7. The van der Waals surface area contributed by atoms with Crippen molar-refractivity contribution in [1.29, 1.82) is 0 Å². The van der Waals surface area contributed by atoms with Gasteiger partial charge in [-0.05, 0) is 29.3 Å². The maximum atomic E-state index is 12.3. The molecule has 1 heterocycles. The molecular weight excluding hydrogens is 383 g/mol. The fourth-order valence-electron chi connectivity index (χ4n) is 2.50. The minimum Gasteiger partial charge on any atom is -0.338 e. The first kappa shape index (κ1) is 19.1. The molecule has 0 unspecified atom stereocenters. The lowest BCUT2D eigenvalue weighted by Crippen LogP contribution is -2.24. The summed E-state index contributed by atoms with van der Waals surface area (Å²) in [5.74, 6) is -0.154. The first-order valence-electron chi connectivity index (χ1n) is 8.32. The topological polar surface area (TPSA) is 51.0 Å². The summed E-state index contributed by atoms with van der Waals surface area (Å²) in [6, 6.07) is 15.2. The number of hydrogen-bond acceptors (Lipinski definition) is 3. The van der Waals surface area contributed by atoms with E-state index in [0.717, 1.165) is 11.1 Å². The monoisotopic (exact) mass is 400 g/mol.